The van der Waals surface area contributed by atoms with Gasteiger partial charge in [-0.15, -0.1) is 0 Å². The summed E-state index contributed by atoms with van der Waals surface area (Å²) in [6.45, 7) is 7.26. The first kappa shape index (κ1) is 16.8. The van der Waals surface area contributed by atoms with Crippen molar-refractivity contribution in [3.05, 3.63) is 30.3 Å². The van der Waals surface area contributed by atoms with Crippen molar-refractivity contribution in [3.63, 3.8) is 0 Å². The van der Waals surface area contributed by atoms with E-state index in [-0.39, 0.29) is 11.9 Å². The van der Waals surface area contributed by atoms with Crippen LogP contribution in [0, 0.1) is 0 Å². The Morgan fingerprint density at radius 1 is 1.08 bits per heavy atom. The Balaban J connectivity index is 1.53. The van der Waals surface area contributed by atoms with Crippen LogP contribution in [0.4, 0.5) is 5.69 Å². The van der Waals surface area contributed by atoms with Crippen LogP contribution >= 0.6 is 0 Å². The SMILES string of the molecule is CC1CC(=O)N(CCCN2CCN(C=O)CC2)N1c1ccccc1. The van der Waals surface area contributed by atoms with E-state index in [0.29, 0.717) is 6.42 Å². The van der Waals surface area contributed by atoms with Crippen LogP contribution in [0.15, 0.2) is 30.3 Å². The fourth-order valence-corrected chi connectivity index (χ4v) is 3.55. The van der Waals surface area contributed by atoms with Crippen LogP contribution < -0.4 is 5.01 Å². The largest absolute Gasteiger partial charge is 0.343 e. The fraction of sp³-hybridized carbons (Fsp3) is 0.556. The molecule has 0 aliphatic carbocycles. The number of hydrogen-bond donors (Lipinski definition) is 0. The predicted octanol–water partition coefficient (Wildman–Crippen LogP) is 1.19. The van der Waals surface area contributed by atoms with Gasteiger partial charge in [0.15, 0.2) is 0 Å². The van der Waals surface area contributed by atoms with Crippen molar-refractivity contribution < 1.29 is 9.59 Å². The molecule has 0 saturated carbocycles. The highest BCUT2D eigenvalue weighted by atomic mass is 16.2. The molecule has 3 rings (SSSR count). The lowest BCUT2D eigenvalue weighted by Crippen LogP contribution is -2.47. The molecule has 2 saturated heterocycles. The summed E-state index contributed by atoms with van der Waals surface area (Å²) in [6.07, 6.45) is 2.45. The monoisotopic (exact) mass is 330 g/mol. The van der Waals surface area contributed by atoms with E-state index >= 15 is 0 Å². The van der Waals surface area contributed by atoms with E-state index in [1.165, 1.54) is 0 Å². The topological polar surface area (TPSA) is 47.1 Å². The van der Waals surface area contributed by atoms with Gasteiger partial charge in [0.2, 0.25) is 12.3 Å². The fourth-order valence-electron chi connectivity index (χ4n) is 3.55. The molecule has 1 aromatic rings. The van der Waals surface area contributed by atoms with E-state index in [9.17, 15) is 9.59 Å². The van der Waals surface area contributed by atoms with E-state index in [2.05, 4.69) is 29.0 Å². The second-order valence-electron chi connectivity index (χ2n) is 6.59. The molecule has 2 aliphatic heterocycles. The van der Waals surface area contributed by atoms with Crippen molar-refractivity contribution in [2.45, 2.75) is 25.8 Å². The Morgan fingerprint density at radius 2 is 1.79 bits per heavy atom. The summed E-state index contributed by atoms with van der Waals surface area (Å²) in [4.78, 5) is 27.3. The minimum atomic E-state index is 0.205. The number of amides is 2. The minimum Gasteiger partial charge on any atom is -0.343 e. The smallest absolute Gasteiger partial charge is 0.243 e. The zero-order valence-electron chi connectivity index (χ0n) is 14.3. The third-order valence-corrected chi connectivity index (χ3v) is 4.86. The second-order valence-corrected chi connectivity index (χ2v) is 6.59. The molecule has 0 aromatic heterocycles. The van der Waals surface area contributed by atoms with E-state index in [0.717, 1.165) is 57.8 Å². The van der Waals surface area contributed by atoms with Crippen LogP contribution in [0.1, 0.15) is 19.8 Å². The van der Waals surface area contributed by atoms with Gasteiger partial charge >= 0.3 is 0 Å². The molecule has 6 nitrogen and oxygen atoms in total. The summed E-state index contributed by atoms with van der Waals surface area (Å²) in [5, 5.41) is 4.04. The van der Waals surface area contributed by atoms with Gasteiger partial charge in [-0.2, -0.15) is 0 Å². The van der Waals surface area contributed by atoms with Crippen LogP contribution in [-0.4, -0.2) is 72.4 Å². The third-order valence-electron chi connectivity index (χ3n) is 4.86. The van der Waals surface area contributed by atoms with E-state index in [4.69, 9.17) is 0 Å². The molecule has 2 amide bonds. The molecule has 0 bridgehead atoms. The van der Waals surface area contributed by atoms with Crippen LogP contribution in [-0.2, 0) is 9.59 Å². The molecule has 1 aromatic carbocycles. The first-order valence-electron chi connectivity index (χ1n) is 8.75. The minimum absolute atomic E-state index is 0.205. The number of hydrazine groups is 1. The number of carbonyl (C=O) groups is 2. The lowest BCUT2D eigenvalue weighted by molar-refractivity contribution is -0.128. The van der Waals surface area contributed by atoms with Gasteiger partial charge in [0, 0.05) is 39.3 Å². The summed E-state index contributed by atoms with van der Waals surface area (Å²) < 4.78 is 0. The molecule has 0 spiro atoms. The van der Waals surface area contributed by atoms with Crippen molar-refractivity contribution in [3.8, 4) is 0 Å². The van der Waals surface area contributed by atoms with Gasteiger partial charge in [-0.25, -0.2) is 0 Å². The molecule has 1 unspecified atom stereocenters. The van der Waals surface area contributed by atoms with Gasteiger partial charge in [0.1, 0.15) is 0 Å². The molecular weight excluding hydrogens is 304 g/mol. The maximum Gasteiger partial charge on any atom is 0.243 e. The standard InChI is InChI=1S/C18H26N4O2/c1-16-14-18(24)21(22(16)17-6-3-2-4-7-17)9-5-8-19-10-12-20(15-23)13-11-19/h2-4,6-7,15-16H,5,8-14H2,1H3. The van der Waals surface area contributed by atoms with Gasteiger partial charge in [-0.3, -0.25) is 24.5 Å². The molecule has 2 heterocycles. The van der Waals surface area contributed by atoms with Crippen LogP contribution in [0.3, 0.4) is 0 Å². The average molecular weight is 330 g/mol. The number of benzene rings is 1. The lowest BCUT2D eigenvalue weighted by atomic mass is 10.2. The molecule has 24 heavy (non-hydrogen) atoms. The Kier molecular flexibility index (Phi) is 5.35. The summed E-state index contributed by atoms with van der Waals surface area (Å²) in [5.74, 6) is 0.206. The predicted molar refractivity (Wildman–Crippen MR) is 93.4 cm³/mol. The lowest BCUT2D eigenvalue weighted by Gasteiger charge is -2.35. The van der Waals surface area contributed by atoms with Crippen molar-refractivity contribution >= 4 is 18.0 Å². The van der Waals surface area contributed by atoms with Crippen molar-refractivity contribution in [1.29, 1.82) is 0 Å². The van der Waals surface area contributed by atoms with Gasteiger partial charge in [0.05, 0.1) is 18.2 Å². The molecule has 6 heteroatoms. The molecule has 130 valence electrons. The van der Waals surface area contributed by atoms with Gasteiger partial charge < -0.3 is 4.90 Å². The molecule has 0 radical (unpaired) electrons. The zero-order chi connectivity index (χ0) is 16.9. The molecule has 2 fully saturated rings. The average Bonchev–Trinajstić information content (AvgIpc) is 2.90. The van der Waals surface area contributed by atoms with Crippen molar-refractivity contribution in [1.82, 2.24) is 14.8 Å². The highest BCUT2D eigenvalue weighted by molar-refractivity contribution is 5.82. The Hall–Kier alpha value is -2.08. The second kappa shape index (κ2) is 7.66. The third kappa shape index (κ3) is 3.70. The molecule has 2 aliphatic rings. The van der Waals surface area contributed by atoms with E-state index in [1.54, 1.807) is 0 Å². The van der Waals surface area contributed by atoms with Gasteiger partial charge in [-0.05, 0) is 25.5 Å². The summed E-state index contributed by atoms with van der Waals surface area (Å²) >= 11 is 0. The number of piperazine rings is 1. The normalized spacial score (nSPS) is 22.3. The van der Waals surface area contributed by atoms with Crippen LogP contribution in [0.25, 0.3) is 0 Å². The maximum absolute atomic E-state index is 12.4. The summed E-state index contributed by atoms with van der Waals surface area (Å²) in [5.41, 5.74) is 1.08. The maximum atomic E-state index is 12.4. The quantitative estimate of drug-likeness (QED) is 0.735. The van der Waals surface area contributed by atoms with Crippen LogP contribution in [0.2, 0.25) is 0 Å². The Labute approximate surface area is 143 Å². The molecular formula is C18H26N4O2. The van der Waals surface area contributed by atoms with Crippen molar-refractivity contribution in [2.24, 2.45) is 0 Å². The zero-order valence-corrected chi connectivity index (χ0v) is 14.3. The number of para-hydroxylation sites is 1. The number of rotatable bonds is 6. The first-order valence-corrected chi connectivity index (χ1v) is 8.75. The van der Waals surface area contributed by atoms with E-state index < -0.39 is 0 Å². The number of nitrogens with zero attached hydrogens (tertiary/aromatic N) is 4. The number of carbonyl (C=O) groups excluding carboxylic acids is 2. The number of anilines is 1. The summed E-state index contributed by atoms with van der Waals surface area (Å²) in [6, 6.07) is 10.3. The van der Waals surface area contributed by atoms with Gasteiger partial charge in [-0.1, -0.05) is 18.2 Å². The summed E-state index contributed by atoms with van der Waals surface area (Å²) in [7, 11) is 0. The van der Waals surface area contributed by atoms with Crippen molar-refractivity contribution in [2.75, 3.05) is 44.3 Å². The van der Waals surface area contributed by atoms with E-state index in [1.807, 2.05) is 28.1 Å². The number of hydrogen-bond acceptors (Lipinski definition) is 4. The molecule has 0 N–H and O–H groups in total. The van der Waals surface area contributed by atoms with Crippen LogP contribution in [0.5, 0.6) is 0 Å². The highest BCUT2D eigenvalue weighted by Gasteiger charge is 2.34. The Bertz CT molecular complexity index is 557. The highest BCUT2D eigenvalue weighted by Crippen LogP contribution is 2.27. The first-order chi connectivity index (χ1) is 11.7. The Morgan fingerprint density at radius 3 is 2.46 bits per heavy atom. The van der Waals surface area contributed by atoms with Gasteiger partial charge in [0.25, 0.3) is 0 Å². The molecule has 1 atom stereocenters.